The van der Waals surface area contributed by atoms with E-state index in [0.29, 0.717) is 0 Å². The molecule has 27 heavy (non-hydrogen) atoms. The molecule has 0 unspecified atom stereocenters. The topological polar surface area (TPSA) is 32.3 Å². The van der Waals surface area contributed by atoms with Gasteiger partial charge in [0.2, 0.25) is 5.91 Å². The molecule has 1 amide bonds. The Bertz CT molecular complexity index is 732. The van der Waals surface area contributed by atoms with E-state index in [1.165, 1.54) is 17.7 Å². The molecule has 0 radical (unpaired) electrons. The van der Waals surface area contributed by atoms with Crippen LogP contribution in [0.4, 0.5) is 4.39 Å². The number of carbonyl (C=O) groups is 1. The summed E-state index contributed by atoms with van der Waals surface area (Å²) in [4.78, 5) is 15.0. The molecule has 3 nitrogen and oxygen atoms in total. The van der Waals surface area contributed by atoms with Crippen molar-refractivity contribution in [1.29, 1.82) is 0 Å². The third-order valence-electron chi connectivity index (χ3n) is 5.54. The van der Waals surface area contributed by atoms with Crippen molar-refractivity contribution in [1.82, 2.24) is 10.2 Å². The van der Waals surface area contributed by atoms with Gasteiger partial charge in [0.05, 0.1) is 5.92 Å². The zero-order chi connectivity index (χ0) is 19.2. The molecule has 1 fully saturated rings. The quantitative estimate of drug-likeness (QED) is 0.802. The molecule has 0 aliphatic carbocycles. The minimum Gasteiger partial charge on any atom is -0.353 e. The first-order chi connectivity index (χ1) is 13.1. The number of piperidine rings is 1. The monoisotopic (exact) mass is 368 g/mol. The van der Waals surface area contributed by atoms with Crippen LogP contribution in [0.3, 0.4) is 0 Å². The van der Waals surface area contributed by atoms with E-state index in [9.17, 15) is 9.18 Å². The maximum atomic E-state index is 13.4. The first kappa shape index (κ1) is 19.6. The van der Waals surface area contributed by atoms with Crippen LogP contribution in [0.1, 0.15) is 50.3 Å². The molecule has 1 N–H and O–H groups in total. The van der Waals surface area contributed by atoms with E-state index in [1.54, 1.807) is 0 Å². The summed E-state index contributed by atoms with van der Waals surface area (Å²) in [5.41, 5.74) is 2.35. The highest BCUT2D eigenvalue weighted by Crippen LogP contribution is 2.34. The van der Waals surface area contributed by atoms with Crippen LogP contribution < -0.4 is 5.32 Å². The number of halogens is 1. The molecule has 3 rings (SSSR count). The van der Waals surface area contributed by atoms with E-state index in [4.69, 9.17) is 0 Å². The molecule has 144 valence electrons. The Labute approximate surface area is 161 Å². The molecule has 4 heteroatoms. The van der Waals surface area contributed by atoms with Crippen molar-refractivity contribution in [2.45, 2.75) is 51.7 Å². The number of nitrogens with one attached hydrogen (secondary N) is 1. The number of likely N-dealkylation sites (tertiary alicyclic amines) is 1. The number of nitrogens with zero attached hydrogens (tertiary/aromatic N) is 1. The standard InChI is InChI=1S/C23H29FN2O/c1-3-17(2)25-23(27)20-11-14-22(19-9-12-21(24)13-10-19)26(16-20)15-18-7-5-4-6-8-18/h4-10,12-13,17,20,22H,3,11,14-16H2,1-2H3,(H,25,27)/t17-,20+,22-/m0/s1. The summed E-state index contributed by atoms with van der Waals surface area (Å²) in [5.74, 6) is -0.0608. The Morgan fingerprint density at radius 3 is 2.52 bits per heavy atom. The van der Waals surface area contributed by atoms with Gasteiger partial charge in [-0.2, -0.15) is 0 Å². The lowest BCUT2D eigenvalue weighted by molar-refractivity contribution is -0.128. The molecular formula is C23H29FN2O. The summed E-state index contributed by atoms with van der Waals surface area (Å²) in [7, 11) is 0. The molecule has 0 saturated carbocycles. The van der Waals surface area contributed by atoms with Crippen molar-refractivity contribution < 1.29 is 9.18 Å². The zero-order valence-electron chi connectivity index (χ0n) is 16.2. The third-order valence-corrected chi connectivity index (χ3v) is 5.54. The normalized spacial score (nSPS) is 21.6. The molecule has 0 bridgehead atoms. The van der Waals surface area contributed by atoms with E-state index in [1.807, 2.05) is 37.3 Å². The highest BCUT2D eigenvalue weighted by Gasteiger charge is 2.33. The van der Waals surface area contributed by atoms with Gasteiger partial charge in [0.1, 0.15) is 5.82 Å². The number of hydrogen-bond donors (Lipinski definition) is 1. The van der Waals surface area contributed by atoms with Crippen molar-refractivity contribution >= 4 is 5.91 Å². The second-order valence-electron chi connectivity index (χ2n) is 7.57. The zero-order valence-corrected chi connectivity index (χ0v) is 16.2. The third kappa shape index (κ3) is 5.16. The smallest absolute Gasteiger partial charge is 0.224 e. The first-order valence-electron chi connectivity index (χ1n) is 9.90. The van der Waals surface area contributed by atoms with Crippen LogP contribution in [0.2, 0.25) is 0 Å². The van der Waals surface area contributed by atoms with E-state index in [2.05, 4.69) is 29.3 Å². The minimum absolute atomic E-state index is 0.000546. The first-order valence-corrected chi connectivity index (χ1v) is 9.90. The number of amides is 1. The Morgan fingerprint density at radius 1 is 1.15 bits per heavy atom. The van der Waals surface area contributed by atoms with Crippen LogP contribution in [0.15, 0.2) is 54.6 Å². The van der Waals surface area contributed by atoms with Crippen LogP contribution in [0.5, 0.6) is 0 Å². The van der Waals surface area contributed by atoms with Crippen molar-refractivity contribution in [2.24, 2.45) is 5.92 Å². The summed E-state index contributed by atoms with van der Waals surface area (Å²) >= 11 is 0. The lowest BCUT2D eigenvalue weighted by Crippen LogP contribution is -2.46. The number of benzene rings is 2. The molecular weight excluding hydrogens is 339 g/mol. The molecule has 2 aromatic rings. The number of carbonyl (C=O) groups excluding carboxylic acids is 1. The van der Waals surface area contributed by atoms with E-state index >= 15 is 0 Å². The van der Waals surface area contributed by atoms with Crippen LogP contribution in [0, 0.1) is 11.7 Å². The molecule has 1 saturated heterocycles. The second-order valence-corrected chi connectivity index (χ2v) is 7.57. The Kier molecular flexibility index (Phi) is 6.62. The lowest BCUT2D eigenvalue weighted by atomic mass is 9.88. The van der Waals surface area contributed by atoms with Gasteiger partial charge in [-0.05, 0) is 49.4 Å². The van der Waals surface area contributed by atoms with Gasteiger partial charge in [-0.25, -0.2) is 4.39 Å². The van der Waals surface area contributed by atoms with Gasteiger partial charge in [0.15, 0.2) is 0 Å². The Morgan fingerprint density at radius 2 is 1.85 bits per heavy atom. The van der Waals surface area contributed by atoms with Gasteiger partial charge in [0.25, 0.3) is 0 Å². The molecule has 1 aliphatic rings. The van der Waals surface area contributed by atoms with Gasteiger partial charge in [0, 0.05) is 25.2 Å². The molecule has 1 aliphatic heterocycles. The Hall–Kier alpha value is -2.20. The molecule has 0 spiro atoms. The summed E-state index contributed by atoms with van der Waals surface area (Å²) in [6.07, 6.45) is 2.69. The molecule has 3 atom stereocenters. The lowest BCUT2D eigenvalue weighted by Gasteiger charge is -2.40. The number of rotatable bonds is 6. The highest BCUT2D eigenvalue weighted by molar-refractivity contribution is 5.79. The van der Waals surface area contributed by atoms with E-state index in [0.717, 1.165) is 37.9 Å². The van der Waals surface area contributed by atoms with Gasteiger partial charge < -0.3 is 5.32 Å². The van der Waals surface area contributed by atoms with E-state index < -0.39 is 0 Å². The van der Waals surface area contributed by atoms with Gasteiger partial charge in [-0.3, -0.25) is 9.69 Å². The fraction of sp³-hybridized carbons (Fsp3) is 0.435. The predicted octanol–water partition coefficient (Wildman–Crippen LogP) is 4.69. The van der Waals surface area contributed by atoms with Gasteiger partial charge in [-0.15, -0.1) is 0 Å². The van der Waals surface area contributed by atoms with Crippen molar-refractivity contribution in [3.8, 4) is 0 Å². The molecule has 0 aromatic heterocycles. The van der Waals surface area contributed by atoms with Crippen LogP contribution in [-0.2, 0) is 11.3 Å². The summed E-state index contributed by atoms with van der Waals surface area (Å²) in [5, 5.41) is 3.13. The average Bonchev–Trinajstić information content (AvgIpc) is 2.69. The van der Waals surface area contributed by atoms with Gasteiger partial charge >= 0.3 is 0 Å². The summed E-state index contributed by atoms with van der Waals surface area (Å²) in [6, 6.07) is 17.5. The fourth-order valence-corrected chi connectivity index (χ4v) is 3.78. The van der Waals surface area contributed by atoms with Crippen molar-refractivity contribution in [3.63, 3.8) is 0 Å². The maximum Gasteiger partial charge on any atom is 0.224 e. The molecule has 1 heterocycles. The predicted molar refractivity (Wildman–Crippen MR) is 107 cm³/mol. The Balaban J connectivity index is 1.77. The summed E-state index contributed by atoms with van der Waals surface area (Å²) in [6.45, 7) is 5.64. The minimum atomic E-state index is -0.213. The average molecular weight is 368 g/mol. The van der Waals surface area contributed by atoms with Crippen LogP contribution in [0.25, 0.3) is 0 Å². The van der Waals surface area contributed by atoms with E-state index in [-0.39, 0.29) is 29.7 Å². The van der Waals surface area contributed by atoms with Crippen molar-refractivity contribution in [3.05, 3.63) is 71.5 Å². The maximum absolute atomic E-state index is 13.4. The molecule has 2 aromatic carbocycles. The van der Waals surface area contributed by atoms with Crippen molar-refractivity contribution in [2.75, 3.05) is 6.54 Å². The largest absolute Gasteiger partial charge is 0.353 e. The SMILES string of the molecule is CC[C@H](C)NC(=O)[C@@H]1CC[C@@H](c2ccc(F)cc2)N(Cc2ccccc2)C1. The van der Waals surface area contributed by atoms with Crippen LogP contribution in [-0.4, -0.2) is 23.4 Å². The van der Waals surface area contributed by atoms with Crippen LogP contribution >= 0.6 is 0 Å². The number of hydrogen-bond acceptors (Lipinski definition) is 2. The second kappa shape index (κ2) is 9.14. The fourth-order valence-electron chi connectivity index (χ4n) is 3.78. The highest BCUT2D eigenvalue weighted by atomic mass is 19.1. The summed E-state index contributed by atoms with van der Waals surface area (Å²) < 4.78 is 13.4. The van der Waals surface area contributed by atoms with Gasteiger partial charge in [-0.1, -0.05) is 49.4 Å².